The summed E-state index contributed by atoms with van der Waals surface area (Å²) in [6.07, 6.45) is 4.53. The first kappa shape index (κ1) is 20.5. The molecule has 3 heteroatoms. The van der Waals surface area contributed by atoms with E-state index < -0.39 is 0 Å². The Labute approximate surface area is 180 Å². The van der Waals surface area contributed by atoms with Gasteiger partial charge in [0.05, 0.1) is 0 Å². The number of anilines is 1. The highest BCUT2D eigenvalue weighted by Crippen LogP contribution is 2.31. The Morgan fingerprint density at radius 2 is 1.77 bits per heavy atom. The molecule has 0 saturated carbocycles. The van der Waals surface area contributed by atoms with E-state index in [-0.39, 0.29) is 5.91 Å². The van der Waals surface area contributed by atoms with E-state index in [9.17, 15) is 4.79 Å². The van der Waals surface area contributed by atoms with Crippen molar-refractivity contribution in [1.82, 2.24) is 4.57 Å². The van der Waals surface area contributed by atoms with Gasteiger partial charge in [-0.25, -0.2) is 0 Å². The third kappa shape index (κ3) is 4.07. The summed E-state index contributed by atoms with van der Waals surface area (Å²) >= 11 is 0. The molecule has 1 aliphatic rings. The minimum atomic E-state index is -0.00755. The summed E-state index contributed by atoms with van der Waals surface area (Å²) in [5, 5.41) is 3.15. The van der Waals surface area contributed by atoms with E-state index in [1.807, 2.05) is 12.1 Å². The topological polar surface area (TPSA) is 34.0 Å². The minimum Gasteiger partial charge on any atom is -0.336 e. The van der Waals surface area contributed by atoms with Crippen LogP contribution in [0.15, 0.2) is 48.5 Å². The number of aromatic nitrogens is 1. The number of aryl methyl sites for hydroxylation is 1. The van der Waals surface area contributed by atoms with E-state index in [0.717, 1.165) is 36.3 Å². The van der Waals surface area contributed by atoms with Crippen molar-refractivity contribution in [3.05, 3.63) is 87.7 Å². The lowest BCUT2D eigenvalue weighted by Crippen LogP contribution is -2.20. The molecule has 2 aromatic carbocycles. The molecule has 0 fully saturated rings. The predicted molar refractivity (Wildman–Crippen MR) is 125 cm³/mol. The fourth-order valence-electron chi connectivity index (χ4n) is 4.67. The Morgan fingerprint density at radius 3 is 2.47 bits per heavy atom. The van der Waals surface area contributed by atoms with Crippen molar-refractivity contribution in [3.8, 4) is 0 Å². The lowest BCUT2D eigenvalue weighted by atomic mass is 9.95. The summed E-state index contributed by atoms with van der Waals surface area (Å²) in [7, 11) is 0. The van der Waals surface area contributed by atoms with Gasteiger partial charge in [0.2, 0.25) is 0 Å². The lowest BCUT2D eigenvalue weighted by Gasteiger charge is -2.17. The van der Waals surface area contributed by atoms with Crippen LogP contribution in [0.25, 0.3) is 0 Å². The van der Waals surface area contributed by atoms with Gasteiger partial charge in [-0.15, -0.1) is 0 Å². The average molecular weight is 401 g/mol. The van der Waals surface area contributed by atoms with Crippen molar-refractivity contribution in [2.24, 2.45) is 0 Å². The third-order valence-electron chi connectivity index (χ3n) is 6.32. The molecule has 1 N–H and O–H groups in total. The molecule has 0 saturated heterocycles. The monoisotopic (exact) mass is 400 g/mol. The van der Waals surface area contributed by atoms with Crippen LogP contribution < -0.4 is 5.32 Å². The molecule has 3 aromatic rings. The lowest BCUT2D eigenvalue weighted by molar-refractivity contribution is 0.101. The normalized spacial score (nSPS) is 13.4. The molecule has 0 bridgehead atoms. The predicted octanol–water partition coefficient (Wildman–Crippen LogP) is 6.41. The highest BCUT2D eigenvalue weighted by atomic mass is 16.2. The Bertz CT molecular complexity index is 1060. The molecule has 0 spiro atoms. The largest absolute Gasteiger partial charge is 0.336 e. The van der Waals surface area contributed by atoms with Crippen molar-refractivity contribution >= 4 is 11.6 Å². The van der Waals surface area contributed by atoms with Gasteiger partial charge in [-0.3, -0.25) is 4.79 Å². The highest BCUT2D eigenvalue weighted by Gasteiger charge is 2.26. The van der Waals surface area contributed by atoms with Crippen LogP contribution in [-0.4, -0.2) is 10.5 Å². The van der Waals surface area contributed by atoms with E-state index in [1.165, 1.54) is 40.8 Å². The Kier molecular flexibility index (Phi) is 5.80. The van der Waals surface area contributed by atoms with Crippen molar-refractivity contribution in [2.75, 3.05) is 5.32 Å². The van der Waals surface area contributed by atoms with Gasteiger partial charge in [0, 0.05) is 17.9 Å². The molecule has 0 unspecified atom stereocenters. The van der Waals surface area contributed by atoms with Gasteiger partial charge >= 0.3 is 0 Å². The number of hydrogen-bond donors (Lipinski definition) is 1. The van der Waals surface area contributed by atoms with Gasteiger partial charge in [0.1, 0.15) is 5.69 Å². The minimum absolute atomic E-state index is 0.00755. The zero-order chi connectivity index (χ0) is 21.3. The fraction of sp³-hybridized carbons (Fsp3) is 0.370. The van der Waals surface area contributed by atoms with Crippen LogP contribution in [0, 0.1) is 13.8 Å². The van der Waals surface area contributed by atoms with Gasteiger partial charge in [0.15, 0.2) is 0 Å². The quantitative estimate of drug-likeness (QED) is 0.528. The molecule has 0 aliphatic heterocycles. The number of carbonyl (C=O) groups excluding carboxylic acids is 1. The Morgan fingerprint density at radius 1 is 1.03 bits per heavy atom. The number of nitrogens with one attached hydrogen (secondary N) is 1. The van der Waals surface area contributed by atoms with Crippen LogP contribution in [0.1, 0.15) is 76.6 Å². The first-order chi connectivity index (χ1) is 14.4. The number of benzene rings is 2. The number of fused-ring (bicyclic) bond motifs is 1. The van der Waals surface area contributed by atoms with Crippen LogP contribution >= 0.6 is 0 Å². The van der Waals surface area contributed by atoms with Crippen molar-refractivity contribution in [3.63, 3.8) is 0 Å². The summed E-state index contributed by atoms with van der Waals surface area (Å²) in [6.45, 7) is 9.34. The molecular formula is C27H32N2O. The number of rotatable bonds is 5. The second-order valence-corrected chi connectivity index (χ2v) is 8.91. The van der Waals surface area contributed by atoms with Gasteiger partial charge in [0.25, 0.3) is 5.91 Å². The van der Waals surface area contributed by atoms with Crippen molar-refractivity contribution in [1.29, 1.82) is 0 Å². The molecule has 0 radical (unpaired) electrons. The molecule has 1 aliphatic carbocycles. The molecule has 1 amide bonds. The van der Waals surface area contributed by atoms with E-state index >= 15 is 0 Å². The second-order valence-electron chi connectivity index (χ2n) is 8.91. The van der Waals surface area contributed by atoms with Crippen LogP contribution in [0.5, 0.6) is 0 Å². The molecule has 4 rings (SSSR count). The van der Waals surface area contributed by atoms with Crippen LogP contribution in [0.2, 0.25) is 0 Å². The SMILES string of the molecule is Cc1cccc(Cn2c3c(c(C)c2C(=O)Nc2ccc(C(C)C)cc2)CCCC3)c1. The first-order valence-electron chi connectivity index (χ1n) is 11.1. The molecular weight excluding hydrogens is 368 g/mol. The van der Waals surface area contributed by atoms with Gasteiger partial charge < -0.3 is 9.88 Å². The molecule has 30 heavy (non-hydrogen) atoms. The molecule has 1 heterocycles. The molecule has 0 atom stereocenters. The van der Waals surface area contributed by atoms with Gasteiger partial charge in [-0.1, -0.05) is 55.8 Å². The van der Waals surface area contributed by atoms with E-state index in [0.29, 0.717) is 5.92 Å². The fourth-order valence-corrected chi connectivity index (χ4v) is 4.67. The van der Waals surface area contributed by atoms with Gasteiger partial charge in [-0.05, 0) is 79.8 Å². The highest BCUT2D eigenvalue weighted by molar-refractivity contribution is 6.04. The van der Waals surface area contributed by atoms with Crippen LogP contribution in [0.4, 0.5) is 5.69 Å². The van der Waals surface area contributed by atoms with Gasteiger partial charge in [-0.2, -0.15) is 0 Å². The summed E-state index contributed by atoms with van der Waals surface area (Å²) in [5.41, 5.74) is 9.32. The van der Waals surface area contributed by atoms with Crippen LogP contribution in [0.3, 0.4) is 0 Å². The van der Waals surface area contributed by atoms with Crippen molar-refractivity contribution in [2.45, 2.75) is 65.8 Å². The molecule has 3 nitrogen and oxygen atoms in total. The number of carbonyl (C=O) groups is 1. The maximum absolute atomic E-state index is 13.4. The maximum atomic E-state index is 13.4. The third-order valence-corrected chi connectivity index (χ3v) is 6.32. The average Bonchev–Trinajstić information content (AvgIpc) is 3.00. The number of nitrogens with zero attached hydrogens (tertiary/aromatic N) is 1. The zero-order valence-corrected chi connectivity index (χ0v) is 18.6. The van der Waals surface area contributed by atoms with Crippen LogP contribution in [-0.2, 0) is 19.4 Å². The summed E-state index contributed by atoms with van der Waals surface area (Å²) in [6, 6.07) is 16.8. The number of hydrogen-bond acceptors (Lipinski definition) is 1. The Balaban J connectivity index is 1.69. The summed E-state index contributed by atoms with van der Waals surface area (Å²) in [4.78, 5) is 13.4. The zero-order valence-electron chi connectivity index (χ0n) is 18.6. The molecule has 1 aromatic heterocycles. The molecule has 156 valence electrons. The maximum Gasteiger partial charge on any atom is 0.272 e. The smallest absolute Gasteiger partial charge is 0.272 e. The summed E-state index contributed by atoms with van der Waals surface area (Å²) < 4.78 is 2.27. The van der Waals surface area contributed by atoms with E-state index in [1.54, 1.807) is 0 Å². The Hall–Kier alpha value is -2.81. The van der Waals surface area contributed by atoms with E-state index in [2.05, 4.69) is 74.0 Å². The summed E-state index contributed by atoms with van der Waals surface area (Å²) in [5.74, 6) is 0.474. The standard InChI is InChI=1S/C27H32N2O/c1-18(2)22-12-14-23(15-13-22)28-27(30)26-20(4)24-10-5-6-11-25(24)29(26)17-21-9-7-8-19(3)16-21/h7-9,12-16,18H,5-6,10-11,17H2,1-4H3,(H,28,30). The second kappa shape index (κ2) is 8.51. The number of amides is 1. The van der Waals surface area contributed by atoms with E-state index in [4.69, 9.17) is 0 Å². The first-order valence-corrected chi connectivity index (χ1v) is 11.1. The van der Waals surface area contributed by atoms with Crippen molar-refractivity contribution < 1.29 is 4.79 Å².